The molecule has 0 atom stereocenters. The lowest BCUT2D eigenvalue weighted by molar-refractivity contribution is -0.117. The molecule has 1 amide bonds. The van der Waals surface area contributed by atoms with Crippen LogP contribution in [-0.2, 0) is 17.9 Å². The Hall–Kier alpha value is -3.45. The van der Waals surface area contributed by atoms with Gasteiger partial charge in [0.25, 0.3) is 5.56 Å². The first-order valence-corrected chi connectivity index (χ1v) is 8.99. The number of hydrogen-bond acceptors (Lipinski definition) is 4. The molecular weight excluding hydrogens is 378 g/mol. The number of benzene rings is 2. The van der Waals surface area contributed by atoms with E-state index in [9.17, 15) is 9.59 Å². The molecule has 0 aliphatic rings. The maximum Gasteiger partial charge on any atom is 0.275 e. The minimum Gasteiger partial charge on any atom is -0.309 e. The summed E-state index contributed by atoms with van der Waals surface area (Å²) in [5.74, 6) is 0.177. The normalized spacial score (nSPS) is 10.9. The molecule has 2 aromatic heterocycles. The Morgan fingerprint density at radius 3 is 2.61 bits per heavy atom. The fraction of sp³-hybridized carbons (Fsp3) is 0.100. The predicted octanol–water partition coefficient (Wildman–Crippen LogP) is 2.93. The highest BCUT2D eigenvalue weighted by molar-refractivity contribution is 6.30. The van der Waals surface area contributed by atoms with Gasteiger partial charge in [0.05, 0.1) is 24.3 Å². The van der Waals surface area contributed by atoms with Gasteiger partial charge in [-0.1, -0.05) is 41.9 Å². The third-order valence-electron chi connectivity index (χ3n) is 4.28. The molecule has 7 nitrogen and oxygen atoms in total. The number of halogens is 1. The van der Waals surface area contributed by atoms with Gasteiger partial charge in [0.15, 0.2) is 0 Å². The van der Waals surface area contributed by atoms with E-state index in [4.69, 9.17) is 11.6 Å². The van der Waals surface area contributed by atoms with E-state index in [0.29, 0.717) is 22.8 Å². The monoisotopic (exact) mass is 393 g/mol. The van der Waals surface area contributed by atoms with E-state index in [0.717, 1.165) is 15.6 Å². The van der Waals surface area contributed by atoms with Gasteiger partial charge in [-0.05, 0) is 23.8 Å². The van der Waals surface area contributed by atoms with Crippen molar-refractivity contribution < 1.29 is 4.79 Å². The summed E-state index contributed by atoms with van der Waals surface area (Å²) in [6.45, 7) is 0.295. The van der Waals surface area contributed by atoms with Gasteiger partial charge in [0.1, 0.15) is 12.4 Å². The highest BCUT2D eigenvalue weighted by Crippen LogP contribution is 2.13. The van der Waals surface area contributed by atoms with E-state index in [1.54, 1.807) is 47.4 Å². The van der Waals surface area contributed by atoms with Crippen molar-refractivity contribution in [3.63, 3.8) is 0 Å². The van der Waals surface area contributed by atoms with E-state index < -0.39 is 0 Å². The molecule has 4 rings (SSSR count). The van der Waals surface area contributed by atoms with Crippen LogP contribution in [-0.4, -0.2) is 25.5 Å². The Morgan fingerprint density at radius 1 is 1.00 bits per heavy atom. The zero-order valence-corrected chi connectivity index (χ0v) is 15.5. The van der Waals surface area contributed by atoms with E-state index in [2.05, 4.69) is 15.5 Å². The minimum atomic E-state index is -0.359. The maximum atomic E-state index is 12.5. The van der Waals surface area contributed by atoms with Gasteiger partial charge in [-0.25, -0.2) is 9.36 Å². The predicted molar refractivity (Wildman–Crippen MR) is 107 cm³/mol. The standard InChI is InChI=1S/C20H16ClN5O2/c21-16-7-5-14(6-8-16)12-25-18(9-10-22-25)24-19(27)13-26-20(28)17-4-2-1-3-15(17)11-23-26/h1-11H,12-13H2,(H,24,27). The van der Waals surface area contributed by atoms with Crippen molar-refractivity contribution in [2.24, 2.45) is 0 Å². The van der Waals surface area contributed by atoms with Crippen molar-refractivity contribution in [1.82, 2.24) is 19.6 Å². The van der Waals surface area contributed by atoms with Gasteiger partial charge in [-0.2, -0.15) is 10.2 Å². The van der Waals surface area contributed by atoms with Gasteiger partial charge in [-0.15, -0.1) is 0 Å². The van der Waals surface area contributed by atoms with Crippen LogP contribution in [0.3, 0.4) is 0 Å². The molecule has 0 aliphatic carbocycles. The highest BCUT2D eigenvalue weighted by atomic mass is 35.5. The Kier molecular flexibility index (Phi) is 4.90. The van der Waals surface area contributed by atoms with Crippen LogP contribution in [0, 0.1) is 0 Å². The summed E-state index contributed by atoms with van der Waals surface area (Å²) < 4.78 is 2.81. The quantitative estimate of drug-likeness (QED) is 0.565. The smallest absolute Gasteiger partial charge is 0.275 e. The molecule has 0 saturated heterocycles. The molecule has 0 bridgehead atoms. The summed E-state index contributed by atoms with van der Waals surface area (Å²) in [6, 6.07) is 16.2. The zero-order chi connectivity index (χ0) is 19.5. The van der Waals surface area contributed by atoms with Crippen molar-refractivity contribution in [1.29, 1.82) is 0 Å². The Labute approximate surface area is 165 Å². The molecule has 140 valence electrons. The molecule has 2 heterocycles. The molecular formula is C20H16ClN5O2. The number of carbonyl (C=O) groups excluding carboxylic acids is 1. The number of nitrogens with one attached hydrogen (secondary N) is 1. The Morgan fingerprint density at radius 2 is 1.79 bits per heavy atom. The number of rotatable bonds is 5. The molecule has 4 aromatic rings. The second-order valence-corrected chi connectivity index (χ2v) is 6.68. The SMILES string of the molecule is O=C(Cn1ncc2ccccc2c1=O)Nc1ccnn1Cc1ccc(Cl)cc1. The summed E-state index contributed by atoms with van der Waals surface area (Å²) in [6.07, 6.45) is 3.18. The highest BCUT2D eigenvalue weighted by Gasteiger charge is 2.11. The number of amides is 1. The topological polar surface area (TPSA) is 81.8 Å². The average Bonchev–Trinajstić information content (AvgIpc) is 3.12. The van der Waals surface area contributed by atoms with Gasteiger partial charge in [0, 0.05) is 16.5 Å². The number of aromatic nitrogens is 4. The summed E-state index contributed by atoms with van der Waals surface area (Å²) in [7, 11) is 0. The van der Waals surface area contributed by atoms with E-state index in [1.165, 1.54) is 0 Å². The molecule has 0 fully saturated rings. The van der Waals surface area contributed by atoms with Crippen LogP contribution >= 0.6 is 11.6 Å². The molecule has 28 heavy (non-hydrogen) atoms. The van der Waals surface area contributed by atoms with Crippen molar-refractivity contribution >= 4 is 34.1 Å². The lowest BCUT2D eigenvalue weighted by atomic mass is 10.2. The average molecular weight is 394 g/mol. The molecule has 2 aromatic carbocycles. The third-order valence-corrected chi connectivity index (χ3v) is 4.54. The molecule has 1 N–H and O–H groups in total. The van der Waals surface area contributed by atoms with Crippen molar-refractivity contribution in [3.8, 4) is 0 Å². The second kappa shape index (κ2) is 7.66. The molecule has 0 radical (unpaired) electrons. The number of fused-ring (bicyclic) bond motifs is 1. The van der Waals surface area contributed by atoms with E-state index in [1.807, 2.05) is 24.3 Å². The van der Waals surface area contributed by atoms with Crippen LogP contribution in [0.5, 0.6) is 0 Å². The first kappa shape index (κ1) is 17.9. The van der Waals surface area contributed by atoms with Crippen LogP contribution in [0.25, 0.3) is 10.8 Å². The summed E-state index contributed by atoms with van der Waals surface area (Å²) in [5, 5.41) is 13.0. The van der Waals surface area contributed by atoms with Crippen LogP contribution in [0.4, 0.5) is 5.82 Å². The maximum absolute atomic E-state index is 12.5. The lowest BCUT2D eigenvalue weighted by Crippen LogP contribution is -2.30. The molecule has 0 spiro atoms. The zero-order valence-electron chi connectivity index (χ0n) is 14.7. The Balaban J connectivity index is 1.49. The fourth-order valence-electron chi connectivity index (χ4n) is 2.89. The molecule has 0 aliphatic heterocycles. The van der Waals surface area contributed by atoms with Crippen molar-refractivity contribution in [3.05, 3.63) is 87.9 Å². The van der Waals surface area contributed by atoms with Gasteiger partial charge in [0.2, 0.25) is 5.91 Å². The summed E-state index contributed by atoms with van der Waals surface area (Å²) >= 11 is 5.91. The minimum absolute atomic E-state index is 0.185. The number of hydrogen-bond donors (Lipinski definition) is 1. The fourth-order valence-corrected chi connectivity index (χ4v) is 3.01. The second-order valence-electron chi connectivity index (χ2n) is 6.24. The van der Waals surface area contributed by atoms with E-state index in [-0.39, 0.29) is 18.0 Å². The molecule has 0 saturated carbocycles. The van der Waals surface area contributed by atoms with E-state index >= 15 is 0 Å². The summed E-state index contributed by atoms with van der Waals surface area (Å²) in [4.78, 5) is 24.9. The third kappa shape index (κ3) is 3.79. The van der Waals surface area contributed by atoms with Crippen molar-refractivity contribution in [2.45, 2.75) is 13.1 Å². The van der Waals surface area contributed by atoms with Gasteiger partial charge in [-0.3, -0.25) is 9.59 Å². The summed E-state index contributed by atoms with van der Waals surface area (Å²) in [5.41, 5.74) is 0.693. The molecule has 8 heteroatoms. The molecule has 0 unspecified atom stereocenters. The van der Waals surface area contributed by atoms with Crippen molar-refractivity contribution in [2.75, 3.05) is 5.32 Å². The first-order chi connectivity index (χ1) is 13.6. The van der Waals surface area contributed by atoms with Crippen LogP contribution in [0.2, 0.25) is 5.02 Å². The first-order valence-electron chi connectivity index (χ1n) is 8.61. The van der Waals surface area contributed by atoms with Crippen LogP contribution < -0.4 is 10.9 Å². The Bertz CT molecular complexity index is 1200. The number of nitrogens with zero attached hydrogens (tertiary/aromatic N) is 4. The number of carbonyl (C=O) groups is 1. The van der Waals surface area contributed by atoms with Gasteiger partial charge < -0.3 is 5.32 Å². The lowest BCUT2D eigenvalue weighted by Gasteiger charge is -2.10. The largest absolute Gasteiger partial charge is 0.309 e. The van der Waals surface area contributed by atoms with Crippen LogP contribution in [0.15, 0.2) is 71.8 Å². The van der Waals surface area contributed by atoms with Crippen LogP contribution in [0.1, 0.15) is 5.56 Å². The number of anilines is 1. The van der Waals surface area contributed by atoms with Gasteiger partial charge >= 0.3 is 0 Å².